The third-order valence-corrected chi connectivity index (χ3v) is 4.14. The van der Waals surface area contributed by atoms with Gasteiger partial charge >= 0.3 is 0 Å². The number of fused-ring (bicyclic) bond motifs is 1. The lowest BCUT2D eigenvalue weighted by molar-refractivity contribution is 0.102. The standard InChI is InChI=1S/C20H16ClN3O3/c21-13-2-1-3-14(10-13)24-20(25)17-6-4-16(12-22-17)23-15-5-7-18-19(11-15)27-9-8-26-18/h1-7,10-12,23H,8-9H2,(H,24,25). The number of carbonyl (C=O) groups excluding carboxylic acids is 1. The van der Waals surface area contributed by atoms with E-state index in [-0.39, 0.29) is 5.91 Å². The number of anilines is 3. The summed E-state index contributed by atoms with van der Waals surface area (Å²) in [5, 5.41) is 6.55. The summed E-state index contributed by atoms with van der Waals surface area (Å²) in [4.78, 5) is 16.5. The summed E-state index contributed by atoms with van der Waals surface area (Å²) in [5.41, 5.74) is 2.53. The summed E-state index contributed by atoms with van der Waals surface area (Å²) in [5.74, 6) is 1.14. The van der Waals surface area contributed by atoms with E-state index in [1.165, 1.54) is 0 Å². The van der Waals surface area contributed by atoms with Crippen molar-refractivity contribution in [3.8, 4) is 11.5 Å². The van der Waals surface area contributed by atoms with Crippen LogP contribution in [0.25, 0.3) is 0 Å². The van der Waals surface area contributed by atoms with Crippen LogP contribution in [-0.2, 0) is 0 Å². The minimum Gasteiger partial charge on any atom is -0.486 e. The largest absolute Gasteiger partial charge is 0.486 e. The Balaban J connectivity index is 1.43. The zero-order chi connectivity index (χ0) is 18.6. The number of aromatic nitrogens is 1. The molecule has 6 nitrogen and oxygen atoms in total. The third-order valence-electron chi connectivity index (χ3n) is 3.91. The fourth-order valence-corrected chi connectivity index (χ4v) is 2.84. The molecule has 3 aromatic rings. The molecule has 27 heavy (non-hydrogen) atoms. The average Bonchev–Trinajstić information content (AvgIpc) is 2.68. The summed E-state index contributed by atoms with van der Waals surface area (Å²) < 4.78 is 11.1. The van der Waals surface area contributed by atoms with Gasteiger partial charge in [0.05, 0.1) is 11.9 Å². The zero-order valence-electron chi connectivity index (χ0n) is 14.2. The van der Waals surface area contributed by atoms with Gasteiger partial charge in [0.25, 0.3) is 5.91 Å². The van der Waals surface area contributed by atoms with Crippen LogP contribution in [0, 0.1) is 0 Å². The molecule has 1 amide bonds. The van der Waals surface area contributed by atoms with Gasteiger partial charge in [0.1, 0.15) is 18.9 Å². The molecule has 0 spiro atoms. The van der Waals surface area contributed by atoms with Crippen molar-refractivity contribution in [3.05, 3.63) is 71.5 Å². The number of carbonyl (C=O) groups is 1. The number of nitrogens with one attached hydrogen (secondary N) is 2. The van der Waals surface area contributed by atoms with Gasteiger partial charge in [0.2, 0.25) is 0 Å². The van der Waals surface area contributed by atoms with Crippen LogP contribution in [0.4, 0.5) is 17.1 Å². The number of amides is 1. The second kappa shape index (κ2) is 7.55. The van der Waals surface area contributed by atoms with E-state index >= 15 is 0 Å². The highest BCUT2D eigenvalue weighted by molar-refractivity contribution is 6.30. The molecule has 1 aliphatic rings. The van der Waals surface area contributed by atoms with Crippen LogP contribution in [0.15, 0.2) is 60.8 Å². The van der Waals surface area contributed by atoms with Crippen LogP contribution in [0.3, 0.4) is 0 Å². The van der Waals surface area contributed by atoms with Crippen molar-refractivity contribution in [3.63, 3.8) is 0 Å². The molecule has 1 aromatic heterocycles. The molecule has 4 rings (SSSR count). The number of rotatable bonds is 4. The maximum Gasteiger partial charge on any atom is 0.274 e. The lowest BCUT2D eigenvalue weighted by Crippen LogP contribution is -2.15. The maximum atomic E-state index is 12.3. The molecule has 0 radical (unpaired) electrons. The second-order valence-corrected chi connectivity index (χ2v) is 6.32. The molecule has 2 N–H and O–H groups in total. The zero-order valence-corrected chi connectivity index (χ0v) is 15.0. The van der Waals surface area contributed by atoms with Crippen molar-refractivity contribution in [1.82, 2.24) is 4.98 Å². The van der Waals surface area contributed by atoms with E-state index in [0.717, 1.165) is 17.1 Å². The number of halogens is 1. The summed E-state index contributed by atoms with van der Waals surface area (Å²) >= 11 is 5.92. The first-order valence-corrected chi connectivity index (χ1v) is 8.75. The van der Waals surface area contributed by atoms with Crippen LogP contribution in [0.2, 0.25) is 5.02 Å². The van der Waals surface area contributed by atoms with Crippen LogP contribution < -0.4 is 20.1 Å². The van der Waals surface area contributed by atoms with E-state index in [9.17, 15) is 4.79 Å². The van der Waals surface area contributed by atoms with Gasteiger partial charge in [-0.05, 0) is 42.5 Å². The van der Waals surface area contributed by atoms with E-state index in [1.807, 2.05) is 18.2 Å². The van der Waals surface area contributed by atoms with Gasteiger partial charge in [0.15, 0.2) is 11.5 Å². The fourth-order valence-electron chi connectivity index (χ4n) is 2.65. The van der Waals surface area contributed by atoms with Gasteiger partial charge in [-0.25, -0.2) is 4.98 Å². The van der Waals surface area contributed by atoms with Gasteiger partial charge < -0.3 is 20.1 Å². The number of pyridine rings is 1. The van der Waals surface area contributed by atoms with E-state index in [1.54, 1.807) is 42.6 Å². The van der Waals surface area contributed by atoms with Gasteiger partial charge in [0, 0.05) is 22.5 Å². The Morgan fingerprint density at radius 1 is 0.926 bits per heavy atom. The van der Waals surface area contributed by atoms with Crippen molar-refractivity contribution in [1.29, 1.82) is 0 Å². The van der Waals surface area contributed by atoms with Crippen LogP contribution in [-0.4, -0.2) is 24.1 Å². The lowest BCUT2D eigenvalue weighted by atomic mass is 10.2. The van der Waals surface area contributed by atoms with Crippen LogP contribution in [0.1, 0.15) is 10.5 Å². The number of hydrogen-bond donors (Lipinski definition) is 2. The molecule has 0 fully saturated rings. The minimum atomic E-state index is -0.303. The maximum absolute atomic E-state index is 12.3. The summed E-state index contributed by atoms with van der Waals surface area (Å²) in [7, 11) is 0. The summed E-state index contributed by atoms with van der Waals surface area (Å²) in [6.45, 7) is 1.09. The Hall–Kier alpha value is -3.25. The van der Waals surface area contributed by atoms with Gasteiger partial charge in [-0.1, -0.05) is 17.7 Å². The molecule has 7 heteroatoms. The Morgan fingerprint density at radius 2 is 1.74 bits per heavy atom. The van der Waals surface area contributed by atoms with Crippen molar-refractivity contribution >= 4 is 34.6 Å². The Morgan fingerprint density at radius 3 is 2.52 bits per heavy atom. The van der Waals surface area contributed by atoms with Gasteiger partial charge in [-0.15, -0.1) is 0 Å². The predicted molar refractivity (Wildman–Crippen MR) is 104 cm³/mol. The van der Waals surface area contributed by atoms with Crippen molar-refractivity contribution < 1.29 is 14.3 Å². The number of ether oxygens (including phenoxy) is 2. The van der Waals surface area contributed by atoms with Crippen LogP contribution in [0.5, 0.6) is 11.5 Å². The van der Waals surface area contributed by atoms with Gasteiger partial charge in [-0.2, -0.15) is 0 Å². The molecule has 0 bridgehead atoms. The molecule has 0 aliphatic carbocycles. The quantitative estimate of drug-likeness (QED) is 0.696. The molecule has 1 aliphatic heterocycles. The Labute approximate surface area is 161 Å². The van der Waals surface area contributed by atoms with Crippen molar-refractivity contribution in [2.45, 2.75) is 0 Å². The highest BCUT2D eigenvalue weighted by Crippen LogP contribution is 2.33. The molecule has 2 heterocycles. The van der Waals surface area contributed by atoms with E-state index < -0.39 is 0 Å². The highest BCUT2D eigenvalue weighted by Gasteiger charge is 2.12. The average molecular weight is 382 g/mol. The molecule has 136 valence electrons. The van der Waals surface area contributed by atoms with Crippen molar-refractivity contribution in [2.75, 3.05) is 23.8 Å². The second-order valence-electron chi connectivity index (χ2n) is 5.88. The first-order valence-electron chi connectivity index (χ1n) is 8.37. The summed E-state index contributed by atoms with van der Waals surface area (Å²) in [6, 6.07) is 16.0. The van der Waals surface area contributed by atoms with Gasteiger partial charge in [-0.3, -0.25) is 4.79 Å². The number of nitrogens with zero attached hydrogens (tertiary/aromatic N) is 1. The molecule has 0 saturated carbocycles. The van der Waals surface area contributed by atoms with E-state index in [0.29, 0.717) is 35.4 Å². The van der Waals surface area contributed by atoms with E-state index in [4.69, 9.17) is 21.1 Å². The summed E-state index contributed by atoms with van der Waals surface area (Å²) in [6.07, 6.45) is 1.60. The molecule has 0 atom stereocenters. The molecule has 0 unspecified atom stereocenters. The van der Waals surface area contributed by atoms with Crippen molar-refractivity contribution in [2.24, 2.45) is 0 Å². The number of benzene rings is 2. The van der Waals surface area contributed by atoms with Crippen LogP contribution >= 0.6 is 11.6 Å². The first kappa shape index (κ1) is 17.2. The first-order chi connectivity index (χ1) is 13.2. The highest BCUT2D eigenvalue weighted by atomic mass is 35.5. The van der Waals surface area contributed by atoms with E-state index in [2.05, 4.69) is 15.6 Å². The monoisotopic (exact) mass is 381 g/mol. The molecular formula is C20H16ClN3O3. The topological polar surface area (TPSA) is 72.5 Å². The third kappa shape index (κ3) is 4.12. The fraction of sp³-hybridized carbons (Fsp3) is 0.100. The number of hydrogen-bond acceptors (Lipinski definition) is 5. The SMILES string of the molecule is O=C(Nc1cccc(Cl)c1)c1ccc(Nc2ccc3c(c2)OCCO3)cn1. The Kier molecular flexibility index (Phi) is 4.80. The molecule has 2 aromatic carbocycles. The normalized spacial score (nSPS) is 12.3. The minimum absolute atomic E-state index is 0.303. The lowest BCUT2D eigenvalue weighted by Gasteiger charge is -2.19. The predicted octanol–water partition coefficient (Wildman–Crippen LogP) is 4.50. The molecule has 0 saturated heterocycles. The Bertz CT molecular complexity index is 976. The molecular weight excluding hydrogens is 366 g/mol. The smallest absolute Gasteiger partial charge is 0.274 e.